The summed E-state index contributed by atoms with van der Waals surface area (Å²) in [7, 11) is 2.70. The SMILES string of the molecule is COC(=O)c1cnc(C)c(Br)c1.COC(=O)c1cnc(C)c(C)c1. The number of rotatable bonds is 2. The topological polar surface area (TPSA) is 78.4 Å². The number of pyridine rings is 2. The first-order valence-corrected chi connectivity index (χ1v) is 7.81. The highest BCUT2D eigenvalue weighted by atomic mass is 79.9. The highest BCUT2D eigenvalue weighted by molar-refractivity contribution is 9.10. The van der Waals surface area contributed by atoms with Crippen LogP contribution in [0.5, 0.6) is 0 Å². The van der Waals surface area contributed by atoms with Crippen LogP contribution in [0.3, 0.4) is 0 Å². The lowest BCUT2D eigenvalue weighted by atomic mass is 10.2. The number of hydrogen-bond donors (Lipinski definition) is 0. The molecule has 0 amide bonds. The van der Waals surface area contributed by atoms with E-state index in [0.717, 1.165) is 21.4 Å². The van der Waals surface area contributed by atoms with E-state index in [2.05, 4.69) is 35.4 Å². The second kappa shape index (κ2) is 9.12. The van der Waals surface area contributed by atoms with Crippen molar-refractivity contribution in [2.45, 2.75) is 20.8 Å². The predicted octanol–water partition coefficient (Wildman–Crippen LogP) is 3.42. The Balaban J connectivity index is 0.000000240. The van der Waals surface area contributed by atoms with Gasteiger partial charge in [0.15, 0.2) is 0 Å². The van der Waals surface area contributed by atoms with E-state index >= 15 is 0 Å². The van der Waals surface area contributed by atoms with Gasteiger partial charge in [0.1, 0.15) is 0 Å². The van der Waals surface area contributed by atoms with Crippen LogP contribution in [0, 0.1) is 20.8 Å². The summed E-state index contributed by atoms with van der Waals surface area (Å²) in [4.78, 5) is 30.1. The first kappa shape index (κ1) is 19.8. The third-order valence-corrected chi connectivity index (χ3v) is 4.01. The zero-order valence-electron chi connectivity index (χ0n) is 14.2. The van der Waals surface area contributed by atoms with Crippen LogP contribution in [0.4, 0.5) is 0 Å². The number of carbonyl (C=O) groups is 2. The van der Waals surface area contributed by atoms with E-state index < -0.39 is 0 Å². The summed E-state index contributed by atoms with van der Waals surface area (Å²) in [5.41, 5.74) is 3.73. The Bertz CT molecular complexity index is 684. The summed E-state index contributed by atoms with van der Waals surface area (Å²) in [5.74, 6) is -0.714. The molecule has 0 N–H and O–H groups in total. The molecule has 0 bridgehead atoms. The Hall–Kier alpha value is -2.28. The number of nitrogens with zero attached hydrogens (tertiary/aromatic N) is 2. The largest absolute Gasteiger partial charge is 0.465 e. The zero-order valence-corrected chi connectivity index (χ0v) is 15.8. The zero-order chi connectivity index (χ0) is 18.3. The maximum Gasteiger partial charge on any atom is 0.339 e. The van der Waals surface area contributed by atoms with Crippen LogP contribution in [0.15, 0.2) is 29.0 Å². The van der Waals surface area contributed by atoms with Crippen LogP contribution in [-0.2, 0) is 9.47 Å². The summed E-state index contributed by atoms with van der Waals surface area (Å²) < 4.78 is 9.89. The molecule has 0 saturated carbocycles. The molecule has 128 valence electrons. The number of halogens is 1. The molecule has 2 heterocycles. The third kappa shape index (κ3) is 5.42. The molecule has 2 aromatic heterocycles. The number of aromatic nitrogens is 2. The Morgan fingerprint density at radius 2 is 1.33 bits per heavy atom. The second-order valence-corrected chi connectivity index (χ2v) is 5.76. The normalized spacial score (nSPS) is 9.58. The average Bonchev–Trinajstić information content (AvgIpc) is 2.58. The number of methoxy groups -OCH3 is 2. The fraction of sp³-hybridized carbons (Fsp3) is 0.294. The van der Waals surface area contributed by atoms with Gasteiger partial charge in [-0.05, 0) is 54.4 Å². The van der Waals surface area contributed by atoms with E-state index in [1.807, 2.05) is 20.8 Å². The Morgan fingerprint density at radius 3 is 1.75 bits per heavy atom. The van der Waals surface area contributed by atoms with Gasteiger partial charge >= 0.3 is 11.9 Å². The molecule has 0 radical (unpaired) electrons. The molecule has 0 aromatic carbocycles. The Morgan fingerprint density at radius 1 is 0.875 bits per heavy atom. The second-order valence-electron chi connectivity index (χ2n) is 4.90. The fourth-order valence-corrected chi connectivity index (χ4v) is 1.96. The highest BCUT2D eigenvalue weighted by Gasteiger charge is 2.07. The first-order chi connectivity index (χ1) is 11.3. The lowest BCUT2D eigenvalue weighted by molar-refractivity contribution is 0.0591. The van der Waals surface area contributed by atoms with Crippen LogP contribution in [0.1, 0.15) is 37.7 Å². The maximum atomic E-state index is 11.0. The number of carbonyl (C=O) groups excluding carboxylic acids is 2. The Labute approximate surface area is 149 Å². The van der Waals surface area contributed by atoms with E-state index in [1.54, 1.807) is 12.1 Å². The summed E-state index contributed by atoms with van der Waals surface area (Å²) in [6.45, 7) is 5.66. The molecular formula is C17H19BrN2O4. The van der Waals surface area contributed by atoms with E-state index in [-0.39, 0.29) is 11.9 Å². The highest BCUT2D eigenvalue weighted by Crippen LogP contribution is 2.15. The molecular weight excluding hydrogens is 376 g/mol. The van der Waals surface area contributed by atoms with Crippen LogP contribution in [-0.4, -0.2) is 36.1 Å². The number of hydrogen-bond acceptors (Lipinski definition) is 6. The molecule has 24 heavy (non-hydrogen) atoms. The van der Waals surface area contributed by atoms with Crippen molar-refractivity contribution in [2.24, 2.45) is 0 Å². The molecule has 0 aliphatic carbocycles. The lowest BCUT2D eigenvalue weighted by Crippen LogP contribution is -2.03. The van der Waals surface area contributed by atoms with Gasteiger partial charge in [-0.3, -0.25) is 9.97 Å². The standard InChI is InChI=1S/C9H11NO2.C8H8BrNO2/c1-6-4-8(9(11)12-3)5-10-7(6)2;1-5-7(9)3-6(4-10-5)8(11)12-2/h4-5H,1-3H3;3-4H,1-2H3. The van der Waals surface area contributed by atoms with Crippen LogP contribution in [0.25, 0.3) is 0 Å². The molecule has 6 nitrogen and oxygen atoms in total. The molecule has 0 aliphatic heterocycles. The fourth-order valence-electron chi connectivity index (χ4n) is 1.61. The van der Waals surface area contributed by atoms with Gasteiger partial charge in [0, 0.05) is 22.6 Å². The van der Waals surface area contributed by atoms with Gasteiger partial charge in [0.05, 0.1) is 31.0 Å². The molecule has 2 aromatic rings. The number of aryl methyl sites for hydroxylation is 3. The van der Waals surface area contributed by atoms with Crippen molar-refractivity contribution in [1.82, 2.24) is 9.97 Å². The van der Waals surface area contributed by atoms with Crippen molar-refractivity contribution in [3.8, 4) is 0 Å². The summed E-state index contributed by atoms with van der Waals surface area (Å²) >= 11 is 3.27. The van der Waals surface area contributed by atoms with Crippen molar-refractivity contribution in [3.05, 3.63) is 57.1 Å². The van der Waals surface area contributed by atoms with Gasteiger partial charge < -0.3 is 9.47 Å². The van der Waals surface area contributed by atoms with Gasteiger partial charge in [-0.15, -0.1) is 0 Å². The minimum Gasteiger partial charge on any atom is -0.465 e. The molecule has 7 heteroatoms. The van der Waals surface area contributed by atoms with E-state index in [1.165, 1.54) is 26.6 Å². The van der Waals surface area contributed by atoms with Gasteiger partial charge in [0.2, 0.25) is 0 Å². The minimum absolute atomic E-state index is 0.342. The van der Waals surface area contributed by atoms with E-state index in [4.69, 9.17) is 0 Å². The van der Waals surface area contributed by atoms with Gasteiger partial charge in [-0.1, -0.05) is 0 Å². The smallest absolute Gasteiger partial charge is 0.339 e. The van der Waals surface area contributed by atoms with Gasteiger partial charge in [0.25, 0.3) is 0 Å². The number of ether oxygens (including phenoxy) is 2. The summed E-state index contributed by atoms with van der Waals surface area (Å²) in [6.07, 6.45) is 3.01. The van der Waals surface area contributed by atoms with Gasteiger partial charge in [-0.25, -0.2) is 9.59 Å². The summed E-state index contributed by atoms with van der Waals surface area (Å²) in [5, 5.41) is 0. The molecule has 2 rings (SSSR count). The molecule has 0 atom stereocenters. The van der Waals surface area contributed by atoms with Crippen molar-refractivity contribution in [2.75, 3.05) is 14.2 Å². The van der Waals surface area contributed by atoms with Crippen LogP contribution < -0.4 is 0 Å². The van der Waals surface area contributed by atoms with Crippen LogP contribution in [0.2, 0.25) is 0 Å². The molecule has 0 aliphatic rings. The minimum atomic E-state index is -0.372. The van der Waals surface area contributed by atoms with Crippen molar-refractivity contribution < 1.29 is 19.1 Å². The monoisotopic (exact) mass is 394 g/mol. The van der Waals surface area contributed by atoms with Gasteiger partial charge in [-0.2, -0.15) is 0 Å². The van der Waals surface area contributed by atoms with Crippen LogP contribution >= 0.6 is 15.9 Å². The quantitative estimate of drug-likeness (QED) is 0.726. The Kier molecular flexibility index (Phi) is 7.51. The lowest BCUT2D eigenvalue weighted by Gasteiger charge is -2.01. The maximum absolute atomic E-state index is 11.0. The van der Waals surface area contributed by atoms with Crippen molar-refractivity contribution >= 4 is 27.9 Å². The molecule has 0 spiro atoms. The molecule has 0 saturated heterocycles. The molecule has 0 unspecified atom stereocenters. The first-order valence-electron chi connectivity index (χ1n) is 7.02. The molecule has 0 fully saturated rings. The number of esters is 2. The average molecular weight is 395 g/mol. The third-order valence-electron chi connectivity index (χ3n) is 3.21. The van der Waals surface area contributed by atoms with Crippen molar-refractivity contribution in [3.63, 3.8) is 0 Å². The van der Waals surface area contributed by atoms with Crippen molar-refractivity contribution in [1.29, 1.82) is 0 Å². The summed E-state index contributed by atoms with van der Waals surface area (Å²) in [6, 6.07) is 3.46. The van der Waals surface area contributed by atoms with E-state index in [9.17, 15) is 9.59 Å². The predicted molar refractivity (Wildman–Crippen MR) is 93.1 cm³/mol. The van der Waals surface area contributed by atoms with E-state index in [0.29, 0.717) is 11.1 Å².